The molecule has 9 nitrogen and oxygen atoms in total. The van der Waals surface area contributed by atoms with E-state index in [1.54, 1.807) is 0 Å². The fourth-order valence-corrected chi connectivity index (χ4v) is 1.59. The third-order valence-electron chi connectivity index (χ3n) is 2.60. The number of amides is 2. The predicted octanol–water partition coefficient (Wildman–Crippen LogP) is -1.91. The van der Waals surface area contributed by atoms with Crippen LogP contribution in [0, 0.1) is 0 Å². The van der Waals surface area contributed by atoms with Crippen molar-refractivity contribution in [1.29, 1.82) is 0 Å². The summed E-state index contributed by atoms with van der Waals surface area (Å²) in [5.74, 6) is -1.03. The molecule has 0 fully saturated rings. The highest BCUT2D eigenvalue weighted by Crippen LogP contribution is 1.94. The maximum Gasteiger partial charge on any atom is 0.325 e. The van der Waals surface area contributed by atoms with Crippen molar-refractivity contribution in [3.8, 4) is 0 Å². The van der Waals surface area contributed by atoms with Crippen molar-refractivity contribution < 1.29 is 14.2 Å². The molecule has 0 bridgehead atoms. The first-order chi connectivity index (χ1) is 9.95. The number of anilines is 1. The maximum absolute atomic E-state index is 11.8. The van der Waals surface area contributed by atoms with Crippen LogP contribution in [-0.2, 0) is 11.3 Å². The number of aromatic nitrogens is 3. The second kappa shape index (κ2) is 5.82. The molecule has 0 saturated carbocycles. The Kier molecular flexibility index (Phi) is 3.93. The van der Waals surface area contributed by atoms with Crippen molar-refractivity contribution in [2.45, 2.75) is 6.54 Å². The van der Waals surface area contributed by atoms with Crippen LogP contribution < -0.4 is 26.9 Å². The molecule has 0 atom stereocenters. The fourth-order valence-electron chi connectivity index (χ4n) is 1.59. The van der Waals surface area contributed by atoms with E-state index in [1.165, 1.54) is 29.1 Å². The Labute approximate surface area is 117 Å². The Morgan fingerprint density at radius 2 is 1.90 bits per heavy atom. The molecular weight excluding hydrogens is 278 g/mol. The van der Waals surface area contributed by atoms with Crippen molar-refractivity contribution in [2.24, 2.45) is 5.73 Å². The molecule has 0 aromatic carbocycles. The van der Waals surface area contributed by atoms with E-state index in [1.807, 2.05) is 4.98 Å². The van der Waals surface area contributed by atoms with Crippen LogP contribution in [0.15, 0.2) is 40.3 Å². The normalized spacial score (nSPS) is 10.1. The third kappa shape index (κ3) is 3.62. The first kappa shape index (κ1) is 14.2. The van der Waals surface area contributed by atoms with Crippen LogP contribution >= 0.6 is 0 Å². The highest BCUT2D eigenvalue weighted by atomic mass is 16.2. The van der Waals surface area contributed by atoms with Gasteiger partial charge < -0.3 is 16.0 Å². The smallest absolute Gasteiger partial charge is 0.325 e. The maximum atomic E-state index is 11.8. The molecule has 0 aliphatic rings. The number of carbonyl (C=O) groups excluding carboxylic acids is 2. The molecule has 2 aromatic rings. The predicted molar refractivity (Wildman–Crippen MR) is 71.5 cm³/mol. The number of nitrogens with two attached hydrogens (primary N) is 1. The van der Waals surface area contributed by atoms with E-state index in [0.29, 0.717) is 5.56 Å². The zero-order valence-electron chi connectivity index (χ0n) is 10.8. The van der Waals surface area contributed by atoms with Gasteiger partial charge in [0.25, 0.3) is 11.5 Å². The van der Waals surface area contributed by atoms with Crippen LogP contribution in [0.2, 0.25) is 0 Å². The lowest BCUT2D eigenvalue weighted by Gasteiger charge is -2.01. The molecule has 21 heavy (non-hydrogen) atoms. The number of pyridine rings is 1. The number of hydrogen-bond donors (Lipinski definition) is 4. The molecule has 2 rings (SSSR count). The van der Waals surface area contributed by atoms with E-state index in [2.05, 4.69) is 10.3 Å². The minimum Gasteiger partial charge on any atom is -0.366 e. The fraction of sp³-hybridized carbons (Fsp3) is 0.0833. The monoisotopic (exact) mass is 290 g/mol. The van der Waals surface area contributed by atoms with Crippen LogP contribution in [0.4, 0.5) is 5.69 Å². The topological polar surface area (TPSA) is 142 Å². The van der Waals surface area contributed by atoms with E-state index in [-0.39, 0.29) is 12.2 Å². The van der Waals surface area contributed by atoms with Crippen molar-refractivity contribution >= 4 is 17.5 Å². The summed E-state index contributed by atoms with van der Waals surface area (Å²) in [5, 5.41) is 2.36. The molecule has 0 aliphatic carbocycles. The molecule has 2 amide bonds. The Balaban J connectivity index is 2.06. The highest BCUT2D eigenvalue weighted by molar-refractivity contribution is 5.92. The molecule has 0 radical (unpaired) electrons. The molecule has 2 aromatic heterocycles. The first-order valence-corrected chi connectivity index (χ1v) is 5.86. The van der Waals surface area contributed by atoms with Crippen molar-refractivity contribution in [2.75, 3.05) is 5.32 Å². The van der Waals surface area contributed by atoms with Gasteiger partial charge in [-0.3, -0.25) is 19.4 Å². The van der Waals surface area contributed by atoms with Gasteiger partial charge in [-0.2, -0.15) is 4.57 Å². The molecule has 5 N–H and O–H groups in total. The Bertz CT molecular complexity index is 790. The minimum absolute atomic E-state index is 0.0612. The van der Waals surface area contributed by atoms with Crippen molar-refractivity contribution in [3.05, 3.63) is 57.1 Å². The second-order valence-corrected chi connectivity index (χ2v) is 4.16. The van der Waals surface area contributed by atoms with Crippen molar-refractivity contribution in [3.63, 3.8) is 0 Å². The number of carbonyl (C=O) groups is 2. The molecule has 108 valence electrons. The van der Waals surface area contributed by atoms with Gasteiger partial charge in [0.05, 0.1) is 5.56 Å². The lowest BCUT2D eigenvalue weighted by molar-refractivity contribution is -0.684. The van der Waals surface area contributed by atoms with Gasteiger partial charge in [0.1, 0.15) is 5.69 Å². The van der Waals surface area contributed by atoms with Crippen LogP contribution in [-0.4, -0.2) is 21.8 Å². The quantitative estimate of drug-likeness (QED) is 0.487. The zero-order valence-corrected chi connectivity index (χ0v) is 10.8. The summed E-state index contributed by atoms with van der Waals surface area (Å²) in [5.41, 5.74) is 4.01. The van der Waals surface area contributed by atoms with Gasteiger partial charge in [-0.15, -0.1) is 0 Å². The first-order valence-electron chi connectivity index (χ1n) is 5.86. The van der Waals surface area contributed by atoms with Crippen LogP contribution in [0.5, 0.6) is 0 Å². The number of hydrogen-bond acceptors (Lipinski definition) is 4. The summed E-state index contributed by atoms with van der Waals surface area (Å²) in [7, 11) is 0. The Morgan fingerprint density at radius 1 is 1.24 bits per heavy atom. The average molecular weight is 290 g/mol. The minimum atomic E-state index is -0.693. The Morgan fingerprint density at radius 3 is 2.48 bits per heavy atom. The second-order valence-electron chi connectivity index (χ2n) is 4.16. The van der Waals surface area contributed by atoms with Crippen LogP contribution in [0.1, 0.15) is 10.4 Å². The average Bonchev–Trinajstić information content (AvgIpc) is 2.42. The summed E-state index contributed by atoms with van der Waals surface area (Å²) in [6.07, 6.45) is 4.13. The Hall–Kier alpha value is -3.23. The third-order valence-corrected chi connectivity index (χ3v) is 2.60. The van der Waals surface area contributed by atoms with Gasteiger partial charge in [-0.05, 0) is 0 Å². The molecular formula is C12H12N5O4+. The van der Waals surface area contributed by atoms with E-state index < -0.39 is 23.1 Å². The lowest BCUT2D eigenvalue weighted by Crippen LogP contribution is -2.40. The SMILES string of the molecule is NC(=O)c1cc[n+](CC(=O)Nc2c[nH]c(=O)[nH]c2=O)cc1. The lowest BCUT2D eigenvalue weighted by atomic mass is 10.2. The van der Waals surface area contributed by atoms with Gasteiger partial charge in [0.15, 0.2) is 12.4 Å². The molecule has 0 saturated heterocycles. The number of nitrogens with one attached hydrogen (secondary N) is 3. The van der Waals surface area contributed by atoms with Gasteiger partial charge in [-0.25, -0.2) is 4.79 Å². The molecule has 0 spiro atoms. The summed E-state index contributed by atoms with van der Waals surface area (Å²) < 4.78 is 1.50. The molecule has 9 heteroatoms. The number of primary amides is 1. The number of nitrogens with zero attached hydrogens (tertiary/aromatic N) is 1. The summed E-state index contributed by atoms with van der Waals surface area (Å²) >= 11 is 0. The zero-order chi connectivity index (χ0) is 15.4. The number of H-pyrrole nitrogens is 2. The molecule has 0 aliphatic heterocycles. The largest absolute Gasteiger partial charge is 0.366 e. The van der Waals surface area contributed by atoms with E-state index in [4.69, 9.17) is 5.73 Å². The van der Waals surface area contributed by atoms with Gasteiger partial charge in [0.2, 0.25) is 12.5 Å². The summed E-state index contributed by atoms with van der Waals surface area (Å²) in [6.45, 7) is -0.0718. The van der Waals surface area contributed by atoms with Gasteiger partial charge >= 0.3 is 5.69 Å². The number of aromatic amines is 2. The van der Waals surface area contributed by atoms with E-state index in [0.717, 1.165) is 6.20 Å². The summed E-state index contributed by atoms with van der Waals surface area (Å²) in [4.78, 5) is 49.2. The molecule has 2 heterocycles. The van der Waals surface area contributed by atoms with E-state index in [9.17, 15) is 19.2 Å². The van der Waals surface area contributed by atoms with Crippen LogP contribution in [0.25, 0.3) is 0 Å². The van der Waals surface area contributed by atoms with Crippen LogP contribution in [0.3, 0.4) is 0 Å². The van der Waals surface area contributed by atoms with Crippen molar-refractivity contribution in [1.82, 2.24) is 9.97 Å². The van der Waals surface area contributed by atoms with Gasteiger partial charge in [0, 0.05) is 18.3 Å². The van der Waals surface area contributed by atoms with E-state index >= 15 is 0 Å². The highest BCUT2D eigenvalue weighted by Gasteiger charge is 2.12. The number of rotatable bonds is 4. The summed E-state index contributed by atoms with van der Waals surface area (Å²) in [6, 6.07) is 2.95. The van der Waals surface area contributed by atoms with Gasteiger partial charge in [-0.1, -0.05) is 0 Å². The molecule has 0 unspecified atom stereocenters. The standard InChI is InChI=1S/C12H11N5O4/c13-10(19)7-1-3-17(4-2-7)6-9(18)15-8-5-14-12(21)16-11(8)20/h1-5H,6,13H2,(H2,16,19,20,21)/p+1.